The molecule has 0 spiro atoms. The van der Waals surface area contributed by atoms with Gasteiger partial charge in [0.05, 0.1) is 16.9 Å². The second-order valence-corrected chi connectivity index (χ2v) is 4.31. The van der Waals surface area contributed by atoms with Gasteiger partial charge < -0.3 is 5.11 Å². The Morgan fingerprint density at radius 1 is 1.40 bits per heavy atom. The summed E-state index contributed by atoms with van der Waals surface area (Å²) < 4.78 is 0.901. The van der Waals surface area contributed by atoms with Crippen molar-refractivity contribution in [3.8, 4) is 5.88 Å². The predicted octanol–water partition coefficient (Wildman–Crippen LogP) is 0.879. The Morgan fingerprint density at radius 3 is 2.80 bits per heavy atom. The van der Waals surface area contributed by atoms with Gasteiger partial charge in [0.1, 0.15) is 5.56 Å². The summed E-state index contributed by atoms with van der Waals surface area (Å²) in [4.78, 5) is 24.8. The first-order chi connectivity index (χ1) is 9.50. The molecule has 3 N–H and O–H groups in total. The summed E-state index contributed by atoms with van der Waals surface area (Å²) in [5.41, 5.74) is 1.62. The molecule has 1 aromatic heterocycles. The van der Waals surface area contributed by atoms with E-state index in [4.69, 9.17) is 11.6 Å². The minimum absolute atomic E-state index is 0.133. The molecular weight excluding hydrogens is 284 g/mol. The van der Waals surface area contributed by atoms with Crippen LogP contribution in [0.15, 0.2) is 39.0 Å². The number of H-pyrrole nitrogens is 1. The summed E-state index contributed by atoms with van der Waals surface area (Å²) >= 11 is 5.92. The van der Waals surface area contributed by atoms with Gasteiger partial charge in [-0.3, -0.25) is 19.8 Å². The van der Waals surface area contributed by atoms with Crippen LogP contribution >= 0.6 is 11.6 Å². The molecule has 0 aliphatic carbocycles. The molecule has 2 rings (SSSR count). The molecule has 0 unspecified atom stereocenters. The Bertz CT molecular complexity index is 779. The van der Waals surface area contributed by atoms with Crippen molar-refractivity contribution in [2.24, 2.45) is 12.1 Å². The standard InChI is InChI=1S/C12H11ClN4O3/c1-17-11(19)7(10(18)15-12(17)20)6-14-16-9-5-3-2-4-8(9)13/h2-6,16,19H,1H3,(H,15,18,20). The lowest BCUT2D eigenvalue weighted by Crippen LogP contribution is -2.30. The molecule has 0 bridgehead atoms. The Labute approximate surface area is 118 Å². The number of benzene rings is 1. The second-order valence-electron chi connectivity index (χ2n) is 3.91. The zero-order valence-electron chi connectivity index (χ0n) is 10.4. The molecule has 0 amide bonds. The molecule has 0 atom stereocenters. The van der Waals surface area contributed by atoms with Gasteiger partial charge in [-0.05, 0) is 12.1 Å². The topological polar surface area (TPSA) is 99.5 Å². The summed E-state index contributed by atoms with van der Waals surface area (Å²) in [5.74, 6) is -0.469. The van der Waals surface area contributed by atoms with Crippen molar-refractivity contribution in [3.63, 3.8) is 0 Å². The van der Waals surface area contributed by atoms with Gasteiger partial charge in [0.2, 0.25) is 5.88 Å². The van der Waals surface area contributed by atoms with E-state index >= 15 is 0 Å². The molecule has 7 nitrogen and oxygen atoms in total. The number of rotatable bonds is 3. The number of halogens is 1. The molecule has 0 saturated heterocycles. The van der Waals surface area contributed by atoms with Gasteiger partial charge in [-0.1, -0.05) is 23.7 Å². The van der Waals surface area contributed by atoms with Gasteiger partial charge in [0.25, 0.3) is 5.56 Å². The van der Waals surface area contributed by atoms with Crippen LogP contribution in [0.2, 0.25) is 5.02 Å². The van der Waals surface area contributed by atoms with E-state index in [1.165, 1.54) is 7.05 Å². The van der Waals surface area contributed by atoms with E-state index in [1.54, 1.807) is 24.3 Å². The van der Waals surface area contributed by atoms with E-state index in [1.807, 2.05) is 0 Å². The SMILES string of the molecule is Cn1c(O)c(C=NNc2ccccc2Cl)c(=O)[nH]c1=O. The number of hydrazone groups is 1. The lowest BCUT2D eigenvalue weighted by Gasteiger charge is -2.04. The van der Waals surface area contributed by atoms with E-state index in [2.05, 4.69) is 15.5 Å². The molecule has 8 heteroatoms. The maximum atomic E-state index is 11.5. The minimum atomic E-state index is -0.727. The zero-order chi connectivity index (χ0) is 14.7. The highest BCUT2D eigenvalue weighted by atomic mass is 35.5. The van der Waals surface area contributed by atoms with Crippen LogP contribution in [0, 0.1) is 0 Å². The van der Waals surface area contributed by atoms with E-state index in [0.717, 1.165) is 10.8 Å². The molecule has 0 aliphatic rings. The van der Waals surface area contributed by atoms with Gasteiger partial charge in [0.15, 0.2) is 0 Å². The minimum Gasteiger partial charge on any atom is -0.494 e. The monoisotopic (exact) mass is 294 g/mol. The third kappa shape index (κ3) is 2.72. The molecule has 104 valence electrons. The third-order valence-corrected chi connectivity index (χ3v) is 2.91. The number of nitrogens with zero attached hydrogens (tertiary/aromatic N) is 2. The Hall–Kier alpha value is -2.54. The van der Waals surface area contributed by atoms with Gasteiger partial charge in [-0.2, -0.15) is 5.10 Å². The van der Waals surface area contributed by atoms with Gasteiger partial charge in [-0.15, -0.1) is 0 Å². The number of hydrogen-bond donors (Lipinski definition) is 3. The molecule has 0 saturated carbocycles. The zero-order valence-corrected chi connectivity index (χ0v) is 11.2. The first-order valence-corrected chi connectivity index (χ1v) is 5.94. The number of nitrogens with one attached hydrogen (secondary N) is 2. The van der Waals surface area contributed by atoms with Crippen LogP contribution in [0.3, 0.4) is 0 Å². The summed E-state index contributed by atoms with van der Waals surface area (Å²) in [6.07, 6.45) is 1.11. The first kappa shape index (κ1) is 13.9. The van der Waals surface area contributed by atoms with Crippen LogP contribution in [0.5, 0.6) is 5.88 Å². The predicted molar refractivity (Wildman–Crippen MR) is 76.6 cm³/mol. The molecule has 0 radical (unpaired) electrons. The third-order valence-electron chi connectivity index (χ3n) is 2.58. The van der Waals surface area contributed by atoms with E-state index in [-0.39, 0.29) is 5.56 Å². The lowest BCUT2D eigenvalue weighted by atomic mass is 10.3. The van der Waals surface area contributed by atoms with Crippen LogP contribution in [0.25, 0.3) is 0 Å². The highest BCUT2D eigenvalue weighted by molar-refractivity contribution is 6.33. The van der Waals surface area contributed by atoms with Gasteiger partial charge >= 0.3 is 5.69 Å². The van der Waals surface area contributed by atoms with Crippen molar-refractivity contribution in [1.29, 1.82) is 0 Å². The maximum absolute atomic E-state index is 11.5. The van der Waals surface area contributed by atoms with E-state index in [0.29, 0.717) is 10.7 Å². The largest absolute Gasteiger partial charge is 0.494 e. The summed E-state index contributed by atoms with van der Waals surface area (Å²) in [6, 6.07) is 6.90. The van der Waals surface area contributed by atoms with Crippen molar-refractivity contribution in [1.82, 2.24) is 9.55 Å². The van der Waals surface area contributed by atoms with Crippen molar-refractivity contribution in [3.05, 3.63) is 55.7 Å². The fourth-order valence-electron chi connectivity index (χ4n) is 1.46. The maximum Gasteiger partial charge on any atom is 0.330 e. The fourth-order valence-corrected chi connectivity index (χ4v) is 1.64. The van der Waals surface area contributed by atoms with Crippen molar-refractivity contribution in [2.75, 3.05) is 5.43 Å². The number of para-hydroxylation sites is 1. The number of aromatic hydroxyl groups is 1. The Kier molecular flexibility index (Phi) is 3.90. The number of anilines is 1. The fraction of sp³-hybridized carbons (Fsp3) is 0.0833. The van der Waals surface area contributed by atoms with Crippen LogP contribution in [0.1, 0.15) is 5.56 Å². The number of aromatic nitrogens is 2. The Balaban J connectivity index is 2.30. The van der Waals surface area contributed by atoms with Crippen molar-refractivity contribution >= 4 is 23.5 Å². The van der Waals surface area contributed by atoms with E-state index in [9.17, 15) is 14.7 Å². The number of hydrogen-bond acceptors (Lipinski definition) is 5. The highest BCUT2D eigenvalue weighted by Gasteiger charge is 2.09. The quantitative estimate of drug-likeness (QED) is 0.578. The summed E-state index contributed by atoms with van der Waals surface area (Å²) in [5, 5.41) is 14.0. The Morgan fingerprint density at radius 2 is 2.10 bits per heavy atom. The smallest absolute Gasteiger partial charge is 0.330 e. The second kappa shape index (κ2) is 5.62. The summed E-state index contributed by atoms with van der Waals surface area (Å²) in [7, 11) is 1.33. The molecule has 1 aromatic carbocycles. The van der Waals surface area contributed by atoms with Crippen LogP contribution in [-0.4, -0.2) is 20.9 Å². The van der Waals surface area contributed by atoms with Crippen molar-refractivity contribution < 1.29 is 5.11 Å². The molecule has 0 aliphatic heterocycles. The van der Waals surface area contributed by atoms with Crippen LogP contribution in [-0.2, 0) is 7.05 Å². The van der Waals surface area contributed by atoms with Crippen molar-refractivity contribution in [2.45, 2.75) is 0 Å². The normalized spacial score (nSPS) is 10.9. The molecule has 2 aromatic rings. The molecule has 20 heavy (non-hydrogen) atoms. The van der Waals surface area contributed by atoms with Crippen LogP contribution < -0.4 is 16.7 Å². The summed E-state index contributed by atoms with van der Waals surface area (Å²) in [6.45, 7) is 0. The molecular formula is C12H11ClN4O3. The van der Waals surface area contributed by atoms with Gasteiger partial charge in [-0.25, -0.2) is 4.79 Å². The van der Waals surface area contributed by atoms with Crippen LogP contribution in [0.4, 0.5) is 5.69 Å². The number of aromatic amines is 1. The average Bonchev–Trinajstić information content (AvgIpc) is 2.42. The van der Waals surface area contributed by atoms with Gasteiger partial charge in [0, 0.05) is 7.05 Å². The average molecular weight is 295 g/mol. The molecule has 1 heterocycles. The molecule has 0 fully saturated rings. The first-order valence-electron chi connectivity index (χ1n) is 5.56. The van der Waals surface area contributed by atoms with E-state index < -0.39 is 17.1 Å². The highest BCUT2D eigenvalue weighted by Crippen LogP contribution is 2.20. The lowest BCUT2D eigenvalue weighted by molar-refractivity contribution is 0.417.